The van der Waals surface area contributed by atoms with Gasteiger partial charge in [-0.05, 0) is 57.8 Å². The van der Waals surface area contributed by atoms with Crippen LogP contribution in [-0.4, -0.2) is 58.8 Å². The molecule has 1 unspecified atom stereocenters. The Morgan fingerprint density at radius 2 is 1.97 bits per heavy atom. The van der Waals surface area contributed by atoms with Crippen molar-refractivity contribution in [1.82, 2.24) is 19.7 Å². The molecule has 2 aromatic heterocycles. The number of thiazole rings is 1. The molecule has 11 heteroatoms. The van der Waals surface area contributed by atoms with E-state index in [1.165, 1.54) is 12.3 Å². The molecule has 1 aliphatic rings. The summed E-state index contributed by atoms with van der Waals surface area (Å²) < 4.78 is 40.4. The highest BCUT2D eigenvalue weighted by molar-refractivity contribution is 7.12. The summed E-state index contributed by atoms with van der Waals surface area (Å²) >= 11 is 0.925. The first-order valence-corrected chi connectivity index (χ1v) is 10.9. The highest BCUT2D eigenvalue weighted by atomic mass is 32.1. The van der Waals surface area contributed by atoms with Crippen molar-refractivity contribution in [2.45, 2.75) is 25.6 Å². The second-order valence-electron chi connectivity index (χ2n) is 7.95. The number of carbonyl (C=O) groups is 1. The van der Waals surface area contributed by atoms with Crippen LogP contribution in [0.15, 0.2) is 35.7 Å². The van der Waals surface area contributed by atoms with Gasteiger partial charge in [0, 0.05) is 35.9 Å². The molecule has 0 bridgehead atoms. The van der Waals surface area contributed by atoms with Crippen molar-refractivity contribution < 1.29 is 18.0 Å². The van der Waals surface area contributed by atoms with Gasteiger partial charge in [-0.15, -0.1) is 11.3 Å². The maximum absolute atomic E-state index is 13.2. The van der Waals surface area contributed by atoms with E-state index in [1.807, 2.05) is 24.3 Å². The van der Waals surface area contributed by atoms with E-state index in [0.717, 1.165) is 47.3 Å². The molecule has 0 saturated carbocycles. The first kappa shape index (κ1) is 22.3. The normalized spacial score (nSPS) is 16.7. The van der Waals surface area contributed by atoms with Crippen molar-refractivity contribution in [3.63, 3.8) is 0 Å². The molecule has 1 fully saturated rings. The number of anilines is 2. The van der Waals surface area contributed by atoms with E-state index in [0.29, 0.717) is 11.7 Å². The third kappa shape index (κ3) is 4.63. The Kier molecular flexibility index (Phi) is 5.95. The lowest BCUT2D eigenvalue weighted by molar-refractivity contribution is -0.142. The standard InChI is InChI=1S/C21H23F3N6OS/c1-13-10-18(21(22,23)24)30(27-13)20-26-17(12-32-20)19(31)25-14-4-6-15(7-5-14)29-9-8-16(11-29)28(2)3/h4-7,10,12,16H,8-9,11H2,1-3H3,(H,25,31). The molecule has 0 spiro atoms. The Bertz CT molecular complexity index is 1110. The van der Waals surface area contributed by atoms with Crippen LogP contribution in [0.3, 0.4) is 0 Å². The van der Waals surface area contributed by atoms with Gasteiger partial charge in [-0.25, -0.2) is 9.67 Å². The lowest BCUT2D eigenvalue weighted by Crippen LogP contribution is -2.31. The predicted octanol–water partition coefficient (Wildman–Crippen LogP) is 4.05. The van der Waals surface area contributed by atoms with Gasteiger partial charge >= 0.3 is 6.18 Å². The SMILES string of the molecule is Cc1cc(C(F)(F)F)n(-c2nc(C(=O)Nc3ccc(N4CCC(N(C)C)C4)cc3)cs2)n1. The molecule has 1 aliphatic heterocycles. The molecule has 4 rings (SSSR count). The molecule has 32 heavy (non-hydrogen) atoms. The van der Waals surface area contributed by atoms with Crippen LogP contribution >= 0.6 is 11.3 Å². The van der Waals surface area contributed by atoms with Crippen molar-refractivity contribution >= 4 is 28.6 Å². The molecule has 1 aromatic carbocycles. The van der Waals surface area contributed by atoms with Crippen LogP contribution in [0.2, 0.25) is 0 Å². The fraction of sp³-hybridized carbons (Fsp3) is 0.381. The lowest BCUT2D eigenvalue weighted by atomic mass is 10.2. The first-order chi connectivity index (χ1) is 15.1. The summed E-state index contributed by atoms with van der Waals surface area (Å²) in [6, 6.07) is 8.98. The zero-order valence-corrected chi connectivity index (χ0v) is 18.7. The molecular formula is C21H23F3N6OS. The number of nitrogens with one attached hydrogen (secondary N) is 1. The highest BCUT2D eigenvalue weighted by Crippen LogP contribution is 2.32. The molecule has 0 aliphatic carbocycles. The van der Waals surface area contributed by atoms with Gasteiger partial charge in [-0.2, -0.15) is 18.3 Å². The molecule has 0 radical (unpaired) electrons. The summed E-state index contributed by atoms with van der Waals surface area (Å²) in [7, 11) is 4.16. The van der Waals surface area contributed by atoms with Crippen molar-refractivity contribution in [3.8, 4) is 5.13 Å². The Morgan fingerprint density at radius 1 is 1.25 bits per heavy atom. The topological polar surface area (TPSA) is 66.3 Å². The molecule has 3 aromatic rings. The average Bonchev–Trinajstić information content (AvgIpc) is 3.47. The van der Waals surface area contributed by atoms with E-state index in [4.69, 9.17) is 0 Å². The van der Waals surface area contributed by atoms with Gasteiger partial charge in [0.25, 0.3) is 5.91 Å². The van der Waals surface area contributed by atoms with Gasteiger partial charge < -0.3 is 15.1 Å². The summed E-state index contributed by atoms with van der Waals surface area (Å²) in [6.45, 7) is 3.40. The minimum Gasteiger partial charge on any atom is -0.370 e. The molecule has 1 amide bonds. The van der Waals surface area contributed by atoms with Crippen LogP contribution < -0.4 is 10.2 Å². The average molecular weight is 465 g/mol. The van der Waals surface area contributed by atoms with Gasteiger partial charge in [0.05, 0.1) is 5.69 Å². The summed E-state index contributed by atoms with van der Waals surface area (Å²) in [6.07, 6.45) is -3.47. The lowest BCUT2D eigenvalue weighted by Gasteiger charge is -2.22. The zero-order valence-electron chi connectivity index (χ0n) is 17.8. The maximum atomic E-state index is 13.2. The monoisotopic (exact) mass is 464 g/mol. The first-order valence-electron chi connectivity index (χ1n) is 10.0. The quantitative estimate of drug-likeness (QED) is 0.617. The number of likely N-dealkylation sites (N-methyl/N-ethyl adjacent to an activating group) is 1. The number of nitrogens with zero attached hydrogens (tertiary/aromatic N) is 5. The van der Waals surface area contributed by atoms with E-state index in [9.17, 15) is 18.0 Å². The van der Waals surface area contributed by atoms with Crippen molar-refractivity contribution in [2.75, 3.05) is 37.4 Å². The predicted molar refractivity (Wildman–Crippen MR) is 118 cm³/mol. The third-order valence-corrected chi connectivity index (χ3v) is 6.23. The second-order valence-corrected chi connectivity index (χ2v) is 8.79. The smallest absolute Gasteiger partial charge is 0.370 e. The molecule has 3 heterocycles. The summed E-state index contributed by atoms with van der Waals surface area (Å²) in [5.41, 5.74) is 0.988. The molecule has 7 nitrogen and oxygen atoms in total. The number of aromatic nitrogens is 3. The number of alkyl halides is 3. The number of benzene rings is 1. The van der Waals surface area contributed by atoms with E-state index in [2.05, 4.69) is 39.3 Å². The second kappa shape index (κ2) is 8.55. The molecule has 170 valence electrons. The van der Waals surface area contributed by atoms with Crippen molar-refractivity contribution in [3.05, 3.63) is 52.8 Å². The fourth-order valence-corrected chi connectivity index (χ4v) is 4.43. The minimum atomic E-state index is -4.57. The largest absolute Gasteiger partial charge is 0.433 e. The number of halogens is 3. The van der Waals surface area contributed by atoms with Crippen molar-refractivity contribution in [1.29, 1.82) is 0 Å². The van der Waals surface area contributed by atoms with Crippen LogP contribution in [0.1, 0.15) is 28.3 Å². The minimum absolute atomic E-state index is 0.0181. The Labute approximate surface area is 187 Å². The van der Waals surface area contributed by atoms with Crippen LogP contribution in [0.5, 0.6) is 0 Å². The summed E-state index contributed by atoms with van der Waals surface area (Å²) in [5.74, 6) is -0.494. The van der Waals surface area contributed by atoms with Gasteiger partial charge in [0.2, 0.25) is 5.13 Å². The number of carbonyl (C=O) groups excluding carboxylic acids is 1. The van der Waals surface area contributed by atoms with Crippen LogP contribution in [0.25, 0.3) is 5.13 Å². The molecule has 1 N–H and O–H groups in total. The number of aryl methyl sites for hydroxylation is 1. The van der Waals surface area contributed by atoms with Gasteiger partial charge in [-0.1, -0.05) is 0 Å². The number of rotatable bonds is 5. The summed E-state index contributed by atoms with van der Waals surface area (Å²) in [4.78, 5) is 21.2. The van der Waals surface area contributed by atoms with Gasteiger partial charge in [0.1, 0.15) is 5.69 Å². The summed E-state index contributed by atoms with van der Waals surface area (Å²) in [5, 5.41) is 8.02. The molecule has 1 saturated heterocycles. The van der Waals surface area contributed by atoms with Crippen LogP contribution in [-0.2, 0) is 6.18 Å². The maximum Gasteiger partial charge on any atom is 0.433 e. The fourth-order valence-electron chi connectivity index (χ4n) is 3.66. The number of hydrogen-bond acceptors (Lipinski definition) is 6. The van der Waals surface area contributed by atoms with Crippen molar-refractivity contribution in [2.24, 2.45) is 0 Å². The Morgan fingerprint density at radius 3 is 2.59 bits per heavy atom. The Hall–Kier alpha value is -2.92. The van der Waals surface area contributed by atoms with Crippen LogP contribution in [0.4, 0.5) is 24.5 Å². The van der Waals surface area contributed by atoms with Crippen LogP contribution in [0, 0.1) is 6.92 Å². The Balaban J connectivity index is 1.44. The number of amides is 1. The third-order valence-electron chi connectivity index (χ3n) is 5.41. The molecule has 1 atom stereocenters. The molecular weight excluding hydrogens is 441 g/mol. The van der Waals surface area contributed by atoms with Gasteiger partial charge in [0.15, 0.2) is 5.69 Å². The zero-order chi connectivity index (χ0) is 23.0. The van der Waals surface area contributed by atoms with Gasteiger partial charge in [-0.3, -0.25) is 4.79 Å². The van der Waals surface area contributed by atoms with E-state index in [-0.39, 0.29) is 16.5 Å². The van der Waals surface area contributed by atoms with E-state index in [1.54, 1.807) is 0 Å². The number of hydrogen-bond donors (Lipinski definition) is 1. The highest BCUT2D eigenvalue weighted by Gasteiger charge is 2.36. The van der Waals surface area contributed by atoms with E-state index < -0.39 is 17.8 Å². The van der Waals surface area contributed by atoms with E-state index >= 15 is 0 Å².